The van der Waals surface area contributed by atoms with Gasteiger partial charge < -0.3 is 0 Å². The standard InChI is InChI=1S/C17H23N/c1-17(2,3)18(4)13-14-10-11-16(12-14)15-8-6-5-7-9-15/h5-9,11-12H,10,13H2,1-4H3. The average Bonchev–Trinajstić information content (AvgIpc) is 2.77. The molecule has 1 aliphatic rings. The van der Waals surface area contributed by atoms with Crippen LogP contribution in [-0.2, 0) is 0 Å². The molecule has 0 unspecified atom stereocenters. The van der Waals surface area contributed by atoms with Gasteiger partial charge in [-0.25, -0.2) is 0 Å². The zero-order valence-corrected chi connectivity index (χ0v) is 11.9. The average molecular weight is 241 g/mol. The number of hydrogen-bond donors (Lipinski definition) is 0. The van der Waals surface area contributed by atoms with Crippen molar-refractivity contribution in [2.45, 2.75) is 32.7 Å². The van der Waals surface area contributed by atoms with Crippen LogP contribution in [0.25, 0.3) is 5.57 Å². The molecule has 0 saturated heterocycles. The monoisotopic (exact) mass is 241 g/mol. The van der Waals surface area contributed by atoms with E-state index >= 15 is 0 Å². The van der Waals surface area contributed by atoms with Gasteiger partial charge in [-0.1, -0.05) is 48.1 Å². The van der Waals surface area contributed by atoms with E-state index < -0.39 is 0 Å². The first-order valence-electron chi connectivity index (χ1n) is 6.63. The third-order valence-electron chi connectivity index (χ3n) is 3.64. The minimum Gasteiger partial charge on any atom is -0.298 e. The Morgan fingerprint density at radius 1 is 1.11 bits per heavy atom. The Labute approximate surface area is 111 Å². The van der Waals surface area contributed by atoms with Crippen LogP contribution in [0.2, 0.25) is 0 Å². The highest BCUT2D eigenvalue weighted by molar-refractivity contribution is 5.77. The van der Waals surface area contributed by atoms with Gasteiger partial charge in [0.25, 0.3) is 0 Å². The number of rotatable bonds is 3. The van der Waals surface area contributed by atoms with Gasteiger partial charge in [0, 0.05) is 12.1 Å². The molecule has 0 spiro atoms. The summed E-state index contributed by atoms with van der Waals surface area (Å²) >= 11 is 0. The number of hydrogen-bond acceptors (Lipinski definition) is 1. The predicted octanol–water partition coefficient (Wildman–Crippen LogP) is 4.13. The molecule has 0 fully saturated rings. The van der Waals surface area contributed by atoms with E-state index in [4.69, 9.17) is 0 Å². The molecular weight excluding hydrogens is 218 g/mol. The van der Waals surface area contributed by atoms with Crippen molar-refractivity contribution in [3.05, 3.63) is 53.6 Å². The molecule has 1 nitrogen and oxygen atoms in total. The van der Waals surface area contributed by atoms with Crippen molar-refractivity contribution in [2.24, 2.45) is 0 Å². The smallest absolute Gasteiger partial charge is 0.0201 e. The van der Waals surface area contributed by atoms with E-state index in [0.29, 0.717) is 0 Å². The lowest BCUT2D eigenvalue weighted by Gasteiger charge is -2.32. The highest BCUT2D eigenvalue weighted by atomic mass is 15.2. The van der Waals surface area contributed by atoms with Gasteiger partial charge in [0.2, 0.25) is 0 Å². The van der Waals surface area contributed by atoms with E-state index in [1.165, 1.54) is 16.7 Å². The number of allylic oxidation sites excluding steroid dienone is 3. The Bertz CT molecular complexity index is 460. The molecule has 0 aliphatic heterocycles. The van der Waals surface area contributed by atoms with Crippen LogP contribution in [0.3, 0.4) is 0 Å². The van der Waals surface area contributed by atoms with Gasteiger partial charge in [-0.2, -0.15) is 0 Å². The minimum atomic E-state index is 0.232. The van der Waals surface area contributed by atoms with Crippen molar-refractivity contribution < 1.29 is 0 Å². The van der Waals surface area contributed by atoms with Crippen molar-refractivity contribution in [1.82, 2.24) is 4.90 Å². The molecule has 0 saturated carbocycles. The second-order valence-corrected chi connectivity index (χ2v) is 6.06. The van der Waals surface area contributed by atoms with E-state index in [9.17, 15) is 0 Å². The maximum Gasteiger partial charge on any atom is 0.0201 e. The van der Waals surface area contributed by atoms with E-state index in [2.05, 4.69) is 75.2 Å². The van der Waals surface area contributed by atoms with Crippen LogP contribution in [0.5, 0.6) is 0 Å². The molecule has 0 amide bonds. The van der Waals surface area contributed by atoms with Crippen molar-refractivity contribution in [3.63, 3.8) is 0 Å². The molecule has 1 aromatic rings. The summed E-state index contributed by atoms with van der Waals surface area (Å²) in [6, 6.07) is 10.6. The summed E-state index contributed by atoms with van der Waals surface area (Å²) in [5, 5.41) is 0. The summed E-state index contributed by atoms with van der Waals surface area (Å²) in [6.45, 7) is 7.83. The number of likely N-dealkylation sites (N-methyl/N-ethyl adjacent to an activating group) is 1. The zero-order valence-electron chi connectivity index (χ0n) is 11.9. The fourth-order valence-corrected chi connectivity index (χ4v) is 2.06. The van der Waals surface area contributed by atoms with Crippen LogP contribution in [0.1, 0.15) is 32.8 Å². The Morgan fingerprint density at radius 2 is 1.78 bits per heavy atom. The van der Waals surface area contributed by atoms with E-state index in [1.54, 1.807) is 0 Å². The maximum atomic E-state index is 2.40. The van der Waals surface area contributed by atoms with Crippen LogP contribution in [0.15, 0.2) is 48.1 Å². The molecule has 18 heavy (non-hydrogen) atoms. The fourth-order valence-electron chi connectivity index (χ4n) is 2.06. The number of nitrogens with zero attached hydrogens (tertiary/aromatic N) is 1. The molecule has 0 N–H and O–H groups in total. The van der Waals surface area contributed by atoms with Crippen LogP contribution < -0.4 is 0 Å². The second kappa shape index (κ2) is 5.11. The minimum absolute atomic E-state index is 0.232. The third kappa shape index (κ3) is 3.11. The van der Waals surface area contributed by atoms with Gasteiger partial charge in [0.15, 0.2) is 0 Å². The molecule has 0 aromatic heterocycles. The van der Waals surface area contributed by atoms with Crippen LogP contribution in [0.4, 0.5) is 0 Å². The molecule has 1 aromatic carbocycles. The molecule has 0 radical (unpaired) electrons. The van der Waals surface area contributed by atoms with Gasteiger partial charge in [0.1, 0.15) is 0 Å². The summed E-state index contributed by atoms with van der Waals surface area (Å²) < 4.78 is 0. The molecule has 0 heterocycles. The van der Waals surface area contributed by atoms with Crippen molar-refractivity contribution >= 4 is 5.57 Å². The van der Waals surface area contributed by atoms with E-state index in [1.807, 2.05) is 0 Å². The maximum absolute atomic E-state index is 2.40. The van der Waals surface area contributed by atoms with Crippen LogP contribution >= 0.6 is 0 Å². The summed E-state index contributed by atoms with van der Waals surface area (Å²) in [5.74, 6) is 0. The summed E-state index contributed by atoms with van der Waals surface area (Å²) in [7, 11) is 2.20. The van der Waals surface area contributed by atoms with Crippen LogP contribution in [0, 0.1) is 0 Å². The molecule has 2 rings (SSSR count). The van der Waals surface area contributed by atoms with Crippen molar-refractivity contribution in [1.29, 1.82) is 0 Å². The highest BCUT2D eigenvalue weighted by Crippen LogP contribution is 2.27. The van der Waals surface area contributed by atoms with Gasteiger partial charge in [-0.05, 0) is 45.4 Å². The van der Waals surface area contributed by atoms with Crippen molar-refractivity contribution in [2.75, 3.05) is 13.6 Å². The Morgan fingerprint density at radius 3 is 2.39 bits per heavy atom. The first kappa shape index (κ1) is 13.1. The highest BCUT2D eigenvalue weighted by Gasteiger charge is 2.19. The zero-order chi connectivity index (χ0) is 13.2. The Hall–Kier alpha value is -1.34. The predicted molar refractivity (Wildman–Crippen MR) is 79.5 cm³/mol. The molecule has 0 bridgehead atoms. The Balaban J connectivity index is 2.04. The second-order valence-electron chi connectivity index (χ2n) is 6.06. The fraction of sp³-hybridized carbons (Fsp3) is 0.412. The lowest BCUT2D eigenvalue weighted by atomic mass is 10.1. The quantitative estimate of drug-likeness (QED) is 0.769. The first-order valence-corrected chi connectivity index (χ1v) is 6.63. The molecular formula is C17H23N. The topological polar surface area (TPSA) is 3.24 Å². The number of benzene rings is 1. The summed E-state index contributed by atoms with van der Waals surface area (Å²) in [6.07, 6.45) is 5.77. The molecule has 0 atom stereocenters. The summed E-state index contributed by atoms with van der Waals surface area (Å²) in [5.41, 5.74) is 4.43. The first-order chi connectivity index (χ1) is 8.47. The van der Waals surface area contributed by atoms with E-state index in [-0.39, 0.29) is 5.54 Å². The van der Waals surface area contributed by atoms with Gasteiger partial charge in [0.05, 0.1) is 0 Å². The Kier molecular flexibility index (Phi) is 3.72. The SMILES string of the molecule is CN(CC1=CC(c2ccccc2)=CC1)C(C)(C)C. The third-order valence-corrected chi connectivity index (χ3v) is 3.64. The molecule has 1 heteroatoms. The normalized spacial score (nSPS) is 15.8. The van der Waals surface area contributed by atoms with Gasteiger partial charge in [-0.3, -0.25) is 4.90 Å². The van der Waals surface area contributed by atoms with Gasteiger partial charge >= 0.3 is 0 Å². The molecule has 96 valence electrons. The largest absolute Gasteiger partial charge is 0.298 e. The van der Waals surface area contributed by atoms with Crippen LogP contribution in [-0.4, -0.2) is 24.0 Å². The lowest BCUT2D eigenvalue weighted by molar-refractivity contribution is 0.190. The molecule has 1 aliphatic carbocycles. The summed E-state index contributed by atoms with van der Waals surface area (Å²) in [4.78, 5) is 2.40. The lowest BCUT2D eigenvalue weighted by Crippen LogP contribution is -2.39. The van der Waals surface area contributed by atoms with Crippen molar-refractivity contribution in [3.8, 4) is 0 Å². The van der Waals surface area contributed by atoms with Gasteiger partial charge in [-0.15, -0.1) is 0 Å². The van der Waals surface area contributed by atoms with E-state index in [0.717, 1.165) is 13.0 Å².